The molecule has 63 heavy (non-hydrogen) atoms. The number of aliphatic hydroxyl groups excluding tert-OH is 1. The van der Waals surface area contributed by atoms with Crippen molar-refractivity contribution >= 4 is 25.4 Å². The second-order valence-electron chi connectivity index (χ2n) is 15.6. The van der Waals surface area contributed by atoms with Crippen LogP contribution in [-0.2, 0) is 52.8 Å². The number of hydrogen-bond acceptors (Lipinski definition) is 8. The van der Waals surface area contributed by atoms with Crippen LogP contribution in [0.3, 0.4) is 0 Å². The number of carbonyl (C=O) groups excluding carboxylic acids is 3. The lowest BCUT2D eigenvalue weighted by Crippen LogP contribution is -2.66. The number of aliphatic hydroxyl groups is 1. The minimum Gasteiger partial charge on any atom is -0.481 e. The predicted octanol–water partition coefficient (Wildman–Crippen LogP) is 8.26. The van der Waals surface area contributed by atoms with Gasteiger partial charge in [0.25, 0.3) is 0 Å². The number of aryl methyl sites for hydroxylation is 1. The maximum absolute atomic E-state index is 14.9. The van der Waals surface area contributed by atoms with E-state index in [-0.39, 0.29) is 45.1 Å². The summed E-state index contributed by atoms with van der Waals surface area (Å²) in [7, 11) is -3.75. The fraction of sp³-hybridized carbons (Fsp3) is 0.220. The van der Waals surface area contributed by atoms with Crippen LogP contribution in [0.2, 0.25) is 0 Å². The number of carbonyl (C=O) groups is 3. The summed E-state index contributed by atoms with van der Waals surface area (Å²) in [5.74, 6) is -0.757. The van der Waals surface area contributed by atoms with Crippen LogP contribution in [0.25, 0.3) is 0 Å². The van der Waals surface area contributed by atoms with Gasteiger partial charge in [-0.3, -0.25) is 14.2 Å². The van der Waals surface area contributed by atoms with Gasteiger partial charge in [-0.2, -0.15) is 0 Å². The molecule has 0 saturated carbocycles. The van der Waals surface area contributed by atoms with Crippen LogP contribution < -0.4 is 16.2 Å². The summed E-state index contributed by atoms with van der Waals surface area (Å²) in [6, 6.07) is 47.9. The maximum Gasteiger partial charge on any atom is 0.368 e. The Morgan fingerprint density at radius 3 is 1.52 bits per heavy atom. The fourth-order valence-corrected chi connectivity index (χ4v) is 8.94. The van der Waals surface area contributed by atoms with Crippen molar-refractivity contribution in [2.75, 3.05) is 6.35 Å². The molecule has 1 fully saturated rings. The van der Waals surface area contributed by atoms with Crippen molar-refractivity contribution in [1.29, 1.82) is 0 Å². The van der Waals surface area contributed by atoms with E-state index in [1.807, 2.05) is 115 Å². The molecule has 0 unspecified atom stereocenters. The molecule has 7 rings (SSSR count). The summed E-state index contributed by atoms with van der Waals surface area (Å²) < 4.78 is 31.9. The number of benzene rings is 6. The molecule has 1 saturated heterocycles. The van der Waals surface area contributed by atoms with E-state index in [0.29, 0.717) is 40.8 Å². The smallest absolute Gasteiger partial charge is 0.368 e. The van der Waals surface area contributed by atoms with Gasteiger partial charge >= 0.3 is 13.6 Å². The molecule has 0 spiro atoms. The molecule has 3 atom stereocenters. The minimum absolute atomic E-state index is 0.0739. The molecule has 6 aromatic rings. The van der Waals surface area contributed by atoms with E-state index >= 15 is 0 Å². The molecular weight excluding hydrogens is 816 g/mol. The van der Waals surface area contributed by atoms with Crippen molar-refractivity contribution in [1.82, 2.24) is 9.80 Å². The van der Waals surface area contributed by atoms with Crippen molar-refractivity contribution < 1.29 is 37.8 Å². The summed E-state index contributed by atoms with van der Waals surface area (Å²) in [4.78, 5) is 42.5. The average Bonchev–Trinajstić information content (AvgIpc) is 3.31. The molecule has 1 aliphatic rings. The van der Waals surface area contributed by atoms with E-state index in [0.717, 1.165) is 22.3 Å². The van der Waals surface area contributed by atoms with Crippen LogP contribution in [0.1, 0.15) is 60.5 Å². The summed E-state index contributed by atoms with van der Waals surface area (Å²) in [5.41, 5.74) is 16.7. The van der Waals surface area contributed by atoms with E-state index in [1.54, 1.807) is 58.3 Å². The quantitative estimate of drug-likeness (QED) is 0.0643. The first-order valence-electron chi connectivity index (χ1n) is 20.8. The normalized spacial score (nSPS) is 16.5. The number of ether oxygens (including phenoxy) is 1. The number of nitrogens with zero attached hydrogens (tertiary/aromatic N) is 2. The maximum atomic E-state index is 14.9. The van der Waals surface area contributed by atoms with E-state index < -0.39 is 37.6 Å². The van der Waals surface area contributed by atoms with E-state index in [9.17, 15) is 24.1 Å². The van der Waals surface area contributed by atoms with Gasteiger partial charge in [-0.1, -0.05) is 127 Å². The molecule has 0 bridgehead atoms. The molecule has 324 valence electrons. The van der Waals surface area contributed by atoms with Crippen molar-refractivity contribution in [3.63, 3.8) is 0 Å². The third kappa shape index (κ3) is 12.1. The molecule has 0 radical (unpaired) electrons. The van der Waals surface area contributed by atoms with Gasteiger partial charge < -0.3 is 40.2 Å². The predicted molar refractivity (Wildman–Crippen MR) is 240 cm³/mol. The fourth-order valence-electron chi connectivity index (χ4n) is 7.72. The Kier molecular flexibility index (Phi) is 14.8. The van der Waals surface area contributed by atoms with Crippen molar-refractivity contribution in [3.8, 4) is 5.75 Å². The van der Waals surface area contributed by atoms with E-state index in [1.165, 1.54) is 0 Å². The van der Waals surface area contributed by atoms with Gasteiger partial charge in [0.1, 0.15) is 5.75 Å². The van der Waals surface area contributed by atoms with Crippen LogP contribution in [-0.4, -0.2) is 57.3 Å². The Bertz CT molecular complexity index is 2460. The van der Waals surface area contributed by atoms with Gasteiger partial charge in [0, 0.05) is 24.2 Å². The van der Waals surface area contributed by atoms with Crippen LogP contribution in [0.15, 0.2) is 164 Å². The first-order valence-corrected chi connectivity index (χ1v) is 22.5. The first-order chi connectivity index (χ1) is 30.5. The molecule has 0 aliphatic carbocycles. The summed E-state index contributed by atoms with van der Waals surface area (Å²) in [6.45, 7) is 0.337. The van der Waals surface area contributed by atoms with Crippen molar-refractivity contribution in [2.24, 2.45) is 11.5 Å². The summed E-state index contributed by atoms with van der Waals surface area (Å²) in [6.07, 6.45) is -0.0358. The lowest BCUT2D eigenvalue weighted by molar-refractivity contribution is -0.0453. The lowest BCUT2D eigenvalue weighted by atomic mass is 9.88. The molecule has 13 heteroatoms. The highest BCUT2D eigenvalue weighted by molar-refractivity contribution is 7.53. The second kappa shape index (κ2) is 21.0. The highest BCUT2D eigenvalue weighted by atomic mass is 31.2. The Morgan fingerprint density at radius 2 is 1.03 bits per heavy atom. The molecular formula is C50H51N4O8P. The topological polar surface area (TPSA) is 175 Å². The third-order valence-corrected chi connectivity index (χ3v) is 12.6. The molecule has 0 aromatic heterocycles. The molecule has 4 amide bonds. The van der Waals surface area contributed by atoms with Gasteiger partial charge in [-0.15, -0.1) is 0 Å². The van der Waals surface area contributed by atoms with Gasteiger partial charge in [-0.25, -0.2) is 4.79 Å². The Hall–Kier alpha value is -6.56. The Balaban J connectivity index is 1.14. The lowest BCUT2D eigenvalue weighted by Gasteiger charge is -2.49. The number of hydrogen-bond donors (Lipinski definition) is 3. The number of nitrogens with two attached hydrogens (primary N) is 2. The molecule has 12 nitrogen and oxygen atoms in total. The Labute approximate surface area is 367 Å². The first kappa shape index (κ1) is 44.5. The van der Waals surface area contributed by atoms with Gasteiger partial charge in [0.05, 0.1) is 31.4 Å². The van der Waals surface area contributed by atoms with Crippen LogP contribution >= 0.6 is 7.60 Å². The molecule has 1 aliphatic heterocycles. The molecule has 5 N–H and O–H groups in total. The highest BCUT2D eigenvalue weighted by Crippen LogP contribution is 2.50. The average molecular weight is 867 g/mol. The molecule has 1 heterocycles. The standard InChI is InChI=1S/C50H51N4O8P/c51-48(56)42-20-10-18-40(28-42)31-53-45(27-24-36-12-4-1-5-13-36)47(55)46(54(50(53)58)32-41-19-11-21-43(29-41)49(52)57)30-37-22-25-44(26-23-37)60-35-63(59,61-33-38-14-6-2-7-15-38)62-34-39-16-8-3-9-17-39/h1-23,25-26,28-29,45-47,55H,24,27,30-35H2,(H2,51,56)(H2,52,57)/t45-,46-,47-/m1/s1. The minimum atomic E-state index is -3.75. The zero-order valence-corrected chi connectivity index (χ0v) is 35.7. The van der Waals surface area contributed by atoms with Gasteiger partial charge in [0.15, 0.2) is 6.35 Å². The number of rotatable bonds is 20. The molecule has 6 aromatic carbocycles. The van der Waals surface area contributed by atoms with Crippen molar-refractivity contribution in [2.45, 2.75) is 63.8 Å². The summed E-state index contributed by atoms with van der Waals surface area (Å²) in [5, 5.41) is 12.5. The number of primary amides is 2. The van der Waals surface area contributed by atoms with Crippen LogP contribution in [0.5, 0.6) is 5.75 Å². The van der Waals surface area contributed by atoms with Crippen LogP contribution in [0, 0.1) is 0 Å². The monoisotopic (exact) mass is 866 g/mol. The third-order valence-electron chi connectivity index (χ3n) is 11.1. The second-order valence-corrected chi connectivity index (χ2v) is 17.6. The van der Waals surface area contributed by atoms with Crippen molar-refractivity contribution in [3.05, 3.63) is 208 Å². The van der Waals surface area contributed by atoms with Gasteiger partial charge in [-0.05, 0) is 89.0 Å². The largest absolute Gasteiger partial charge is 0.481 e. The number of urea groups is 1. The number of amides is 4. The zero-order valence-electron chi connectivity index (χ0n) is 34.8. The summed E-state index contributed by atoms with van der Waals surface area (Å²) >= 11 is 0. The van der Waals surface area contributed by atoms with E-state index in [2.05, 4.69) is 0 Å². The SMILES string of the molecule is NC(=O)c1cccc(CN2C(=O)N(Cc3cccc(C(N)=O)c3)[C@H](Cc3ccc(OCP(=O)(OCc4ccccc4)OCc4ccccc4)cc3)[C@H](O)[C@H]2CCc2ccccc2)c1. The van der Waals surface area contributed by atoms with Gasteiger partial charge in [0.2, 0.25) is 11.8 Å². The Morgan fingerprint density at radius 1 is 0.571 bits per heavy atom. The highest BCUT2D eigenvalue weighted by Gasteiger charge is 2.45. The zero-order chi connectivity index (χ0) is 44.2. The van der Waals surface area contributed by atoms with Crippen LogP contribution in [0.4, 0.5) is 4.79 Å². The van der Waals surface area contributed by atoms with E-state index in [4.69, 9.17) is 25.3 Å².